The number of anilines is 3. The molecule has 1 heterocycles. The molecule has 29 heavy (non-hydrogen) atoms. The molecule has 0 amide bonds. The van der Waals surface area contributed by atoms with Crippen molar-refractivity contribution in [3.63, 3.8) is 0 Å². The zero-order valence-corrected chi connectivity index (χ0v) is 16.4. The largest absolute Gasteiger partial charge is 0.337 e. The van der Waals surface area contributed by atoms with E-state index in [4.69, 9.17) is 9.97 Å². The summed E-state index contributed by atoms with van der Waals surface area (Å²) >= 11 is 1.52. The van der Waals surface area contributed by atoms with Gasteiger partial charge in [0.25, 0.3) is 0 Å². The Bertz CT molecular complexity index is 1280. The van der Waals surface area contributed by atoms with Gasteiger partial charge in [-0.3, -0.25) is 0 Å². The molecule has 0 bridgehead atoms. The van der Waals surface area contributed by atoms with Gasteiger partial charge in [-0.15, -0.1) is 0 Å². The summed E-state index contributed by atoms with van der Waals surface area (Å²) in [7, 11) is 0. The van der Waals surface area contributed by atoms with Crippen molar-refractivity contribution < 1.29 is 0 Å². The van der Waals surface area contributed by atoms with E-state index in [0.29, 0.717) is 11.6 Å². The zero-order chi connectivity index (χ0) is 19.5. The van der Waals surface area contributed by atoms with E-state index in [-0.39, 0.29) is 0 Å². The molecule has 140 valence electrons. The second-order valence-electron chi connectivity index (χ2n) is 6.58. The van der Waals surface area contributed by atoms with E-state index >= 15 is 0 Å². The third kappa shape index (κ3) is 3.73. The second-order valence-corrected chi connectivity index (χ2v) is 7.46. The van der Waals surface area contributed by atoms with Gasteiger partial charge in [-0.25, -0.2) is 9.97 Å². The normalized spacial score (nSPS) is 10.9. The molecule has 1 aromatic heterocycles. The lowest BCUT2D eigenvalue weighted by Gasteiger charge is -2.14. The van der Waals surface area contributed by atoms with Gasteiger partial charge in [-0.05, 0) is 47.7 Å². The molecule has 0 saturated carbocycles. The zero-order valence-electron chi connectivity index (χ0n) is 15.5. The lowest BCUT2D eigenvalue weighted by molar-refractivity contribution is 1.29. The van der Waals surface area contributed by atoms with E-state index in [1.165, 1.54) is 17.3 Å². The van der Waals surface area contributed by atoms with Crippen molar-refractivity contribution >= 4 is 51.1 Å². The van der Waals surface area contributed by atoms with Crippen molar-refractivity contribution in [1.29, 1.82) is 0 Å². The van der Waals surface area contributed by atoms with Crippen molar-refractivity contribution in [3.05, 3.63) is 97.1 Å². The van der Waals surface area contributed by atoms with E-state index in [2.05, 4.69) is 46.4 Å². The van der Waals surface area contributed by atoms with Gasteiger partial charge in [0, 0.05) is 16.0 Å². The minimum absolute atomic E-state index is 0.698. The van der Waals surface area contributed by atoms with E-state index in [9.17, 15) is 0 Å². The first-order valence-corrected chi connectivity index (χ1v) is 10.2. The summed E-state index contributed by atoms with van der Waals surface area (Å²) in [4.78, 5) is 10.8. The first kappa shape index (κ1) is 17.5. The van der Waals surface area contributed by atoms with Crippen LogP contribution in [-0.4, -0.2) is 9.97 Å². The maximum absolute atomic E-state index is 4.84. The number of benzene rings is 4. The standard InChI is InChI=1S/C24H18N4S/c1-2-11-18(12-3-1)29-28-24-23(26-21-14-6-7-15-22(21)27-24)25-20-16-8-10-17-9-4-5-13-19(17)20/h1-16H,(H,25,26)(H,27,28). The van der Waals surface area contributed by atoms with E-state index in [1.54, 1.807) is 0 Å². The minimum atomic E-state index is 0.698. The molecule has 0 saturated heterocycles. The van der Waals surface area contributed by atoms with Crippen molar-refractivity contribution in [1.82, 2.24) is 9.97 Å². The number of nitrogens with zero attached hydrogens (tertiary/aromatic N) is 2. The summed E-state index contributed by atoms with van der Waals surface area (Å²) in [5, 5.41) is 5.82. The summed E-state index contributed by atoms with van der Waals surface area (Å²) in [6.45, 7) is 0. The fourth-order valence-electron chi connectivity index (χ4n) is 3.22. The molecule has 0 spiro atoms. The van der Waals surface area contributed by atoms with Crippen LogP contribution >= 0.6 is 11.9 Å². The maximum atomic E-state index is 4.84. The minimum Gasteiger partial charge on any atom is -0.337 e. The van der Waals surface area contributed by atoms with Crippen molar-refractivity contribution in [2.24, 2.45) is 0 Å². The Kier molecular flexibility index (Phi) is 4.72. The summed E-state index contributed by atoms with van der Waals surface area (Å²) in [5.74, 6) is 1.40. The Morgan fingerprint density at radius 1 is 0.586 bits per heavy atom. The van der Waals surface area contributed by atoms with Crippen LogP contribution in [0, 0.1) is 0 Å². The highest BCUT2D eigenvalue weighted by Crippen LogP contribution is 2.31. The van der Waals surface area contributed by atoms with E-state index in [0.717, 1.165) is 27.0 Å². The molecule has 0 aliphatic rings. The fourth-order valence-corrected chi connectivity index (χ4v) is 3.87. The molecule has 0 fully saturated rings. The molecule has 4 nitrogen and oxygen atoms in total. The first-order chi connectivity index (χ1) is 14.4. The average molecular weight is 395 g/mol. The van der Waals surface area contributed by atoms with Crippen LogP contribution in [0.4, 0.5) is 17.3 Å². The quantitative estimate of drug-likeness (QED) is 0.327. The number of hydrogen-bond acceptors (Lipinski definition) is 5. The first-order valence-electron chi connectivity index (χ1n) is 9.36. The van der Waals surface area contributed by atoms with Gasteiger partial charge in [0.05, 0.1) is 11.0 Å². The molecule has 4 aromatic carbocycles. The highest BCUT2D eigenvalue weighted by molar-refractivity contribution is 8.00. The SMILES string of the molecule is c1ccc(SNc2nc3ccccc3nc2Nc2cccc3ccccc23)cc1. The summed E-state index contributed by atoms with van der Waals surface area (Å²) < 4.78 is 3.37. The Balaban J connectivity index is 1.55. The van der Waals surface area contributed by atoms with Gasteiger partial charge in [0.2, 0.25) is 0 Å². The van der Waals surface area contributed by atoms with Gasteiger partial charge in [0.1, 0.15) is 0 Å². The van der Waals surface area contributed by atoms with Gasteiger partial charge in [-0.1, -0.05) is 66.7 Å². The molecule has 2 N–H and O–H groups in total. The fraction of sp³-hybridized carbons (Fsp3) is 0. The number of hydrogen-bond donors (Lipinski definition) is 2. The summed E-state index contributed by atoms with van der Waals surface area (Å²) in [6.07, 6.45) is 0. The van der Waals surface area contributed by atoms with Crippen LogP contribution in [-0.2, 0) is 0 Å². The number of aromatic nitrogens is 2. The molecule has 0 aliphatic heterocycles. The summed E-state index contributed by atoms with van der Waals surface area (Å²) in [5.41, 5.74) is 2.71. The predicted molar refractivity (Wildman–Crippen MR) is 123 cm³/mol. The lowest BCUT2D eigenvalue weighted by atomic mass is 10.1. The monoisotopic (exact) mass is 394 g/mol. The molecule has 0 unspecified atom stereocenters. The smallest absolute Gasteiger partial charge is 0.180 e. The molecule has 0 radical (unpaired) electrons. The van der Waals surface area contributed by atoms with E-state index < -0.39 is 0 Å². The van der Waals surface area contributed by atoms with Crippen LogP contribution in [0.2, 0.25) is 0 Å². The van der Waals surface area contributed by atoms with Crippen LogP contribution in [0.15, 0.2) is 102 Å². The van der Waals surface area contributed by atoms with Crippen molar-refractivity contribution in [2.45, 2.75) is 4.90 Å². The van der Waals surface area contributed by atoms with Gasteiger partial charge < -0.3 is 10.0 Å². The average Bonchev–Trinajstić information content (AvgIpc) is 2.78. The third-order valence-electron chi connectivity index (χ3n) is 4.62. The molecular formula is C24H18N4S. The topological polar surface area (TPSA) is 49.8 Å². The van der Waals surface area contributed by atoms with Gasteiger partial charge >= 0.3 is 0 Å². The van der Waals surface area contributed by atoms with Crippen LogP contribution in [0.3, 0.4) is 0 Å². The van der Waals surface area contributed by atoms with Gasteiger partial charge in [0.15, 0.2) is 11.6 Å². The number of para-hydroxylation sites is 2. The second kappa shape index (κ2) is 7.81. The Hall–Kier alpha value is -3.57. The highest BCUT2D eigenvalue weighted by atomic mass is 32.2. The van der Waals surface area contributed by atoms with Crippen LogP contribution in [0.25, 0.3) is 21.8 Å². The summed E-state index contributed by atoms with van der Waals surface area (Å²) in [6, 6.07) is 32.6. The van der Waals surface area contributed by atoms with Gasteiger partial charge in [-0.2, -0.15) is 0 Å². The highest BCUT2D eigenvalue weighted by Gasteiger charge is 2.11. The molecule has 0 atom stereocenters. The Morgan fingerprint density at radius 2 is 1.24 bits per heavy atom. The lowest BCUT2D eigenvalue weighted by Crippen LogP contribution is -2.02. The van der Waals surface area contributed by atoms with E-state index in [1.807, 2.05) is 60.7 Å². The molecule has 5 heteroatoms. The molecule has 5 aromatic rings. The molecule has 5 rings (SSSR count). The van der Waals surface area contributed by atoms with Crippen molar-refractivity contribution in [2.75, 3.05) is 10.0 Å². The maximum Gasteiger partial charge on any atom is 0.180 e. The third-order valence-corrected chi connectivity index (χ3v) is 5.43. The number of rotatable bonds is 5. The van der Waals surface area contributed by atoms with Crippen molar-refractivity contribution in [3.8, 4) is 0 Å². The number of fused-ring (bicyclic) bond motifs is 2. The van der Waals surface area contributed by atoms with Crippen LogP contribution in [0.5, 0.6) is 0 Å². The Morgan fingerprint density at radius 3 is 2.07 bits per heavy atom. The molecule has 0 aliphatic carbocycles. The number of nitrogens with one attached hydrogen (secondary N) is 2. The molecular weight excluding hydrogens is 376 g/mol. The van der Waals surface area contributed by atoms with Crippen LogP contribution in [0.1, 0.15) is 0 Å². The van der Waals surface area contributed by atoms with Crippen LogP contribution < -0.4 is 10.0 Å². The predicted octanol–water partition coefficient (Wildman–Crippen LogP) is 6.65. The Labute approximate surface area is 173 Å².